The third-order valence-electron chi connectivity index (χ3n) is 4.73. The molecule has 0 radical (unpaired) electrons. The first-order valence-corrected chi connectivity index (χ1v) is 9.09. The van der Waals surface area contributed by atoms with Crippen molar-refractivity contribution in [2.75, 3.05) is 5.32 Å². The maximum absolute atomic E-state index is 13.4. The fraction of sp³-hybridized carbons (Fsp3) is 0.750. The van der Waals surface area contributed by atoms with Gasteiger partial charge in [-0.05, 0) is 50.1 Å². The van der Waals surface area contributed by atoms with Gasteiger partial charge in [0.15, 0.2) is 11.6 Å². The summed E-state index contributed by atoms with van der Waals surface area (Å²) in [6, 6.07) is -0.645. The summed E-state index contributed by atoms with van der Waals surface area (Å²) in [5.41, 5.74) is 5.46. The Balaban J connectivity index is 0.000000228. The smallest absolute Gasteiger partial charge is 0.224 e. The van der Waals surface area contributed by atoms with Crippen LogP contribution in [0.15, 0.2) is 6.20 Å². The Morgan fingerprint density at radius 3 is 2.27 bits per heavy atom. The molecule has 0 bridgehead atoms. The van der Waals surface area contributed by atoms with Gasteiger partial charge in [0.25, 0.3) is 0 Å². The Bertz CT molecular complexity index is 575. The van der Waals surface area contributed by atoms with Crippen LogP contribution >= 0.6 is 11.6 Å². The van der Waals surface area contributed by atoms with Crippen LogP contribution < -0.4 is 11.1 Å². The Labute approximate surface area is 156 Å². The molecule has 1 heterocycles. The molecule has 26 heavy (non-hydrogen) atoms. The van der Waals surface area contributed by atoms with Crippen LogP contribution in [0.5, 0.6) is 0 Å². The number of hydrogen-bond acceptors (Lipinski definition) is 8. The van der Waals surface area contributed by atoms with Crippen LogP contribution in [0.4, 0.5) is 10.2 Å². The fourth-order valence-electron chi connectivity index (χ4n) is 3.13. The van der Waals surface area contributed by atoms with E-state index in [0.29, 0.717) is 19.3 Å². The molecule has 0 aromatic carbocycles. The predicted octanol–water partition coefficient (Wildman–Crippen LogP) is 0.175. The van der Waals surface area contributed by atoms with Crippen LogP contribution in [-0.2, 0) is 0 Å². The Hall–Kier alpha value is -1.10. The van der Waals surface area contributed by atoms with Crippen LogP contribution in [0.3, 0.4) is 0 Å². The molecule has 1 aromatic heterocycles. The Morgan fingerprint density at radius 1 is 1.04 bits per heavy atom. The third-order valence-corrected chi connectivity index (χ3v) is 4.91. The maximum atomic E-state index is 13.4. The molecule has 0 saturated heterocycles. The van der Waals surface area contributed by atoms with E-state index < -0.39 is 36.3 Å². The average Bonchev–Trinajstić information content (AvgIpc) is 2.60. The van der Waals surface area contributed by atoms with Gasteiger partial charge >= 0.3 is 0 Å². The van der Waals surface area contributed by atoms with Gasteiger partial charge in [-0.15, -0.1) is 0 Å². The summed E-state index contributed by atoms with van der Waals surface area (Å²) in [5.74, 6) is -0.690. The highest BCUT2D eigenvalue weighted by molar-refractivity contribution is 6.28. The largest absolute Gasteiger partial charge is 0.390 e. The van der Waals surface area contributed by atoms with Crippen molar-refractivity contribution in [3.63, 3.8) is 0 Å². The first-order chi connectivity index (χ1) is 12.3. The topological polar surface area (TPSA) is 145 Å². The second kappa shape index (κ2) is 9.72. The lowest BCUT2D eigenvalue weighted by atomic mass is 9.90. The van der Waals surface area contributed by atoms with E-state index in [1.165, 1.54) is 0 Å². The quantitative estimate of drug-likeness (QED) is 0.391. The second-order valence-corrected chi connectivity index (χ2v) is 7.07. The molecule has 8 nitrogen and oxygen atoms in total. The molecule has 0 aliphatic heterocycles. The minimum Gasteiger partial charge on any atom is -0.390 e. The first-order valence-electron chi connectivity index (χ1n) is 8.72. The van der Waals surface area contributed by atoms with E-state index >= 15 is 0 Å². The number of rotatable bonds is 2. The molecular formula is C16H26ClFN4O4. The van der Waals surface area contributed by atoms with Crippen molar-refractivity contribution in [3.8, 4) is 0 Å². The van der Waals surface area contributed by atoms with Crippen molar-refractivity contribution in [2.24, 2.45) is 5.73 Å². The van der Waals surface area contributed by atoms with Crippen LogP contribution in [-0.4, -0.2) is 66.9 Å². The maximum Gasteiger partial charge on any atom is 0.224 e. The zero-order chi connectivity index (χ0) is 19.3. The lowest BCUT2D eigenvalue weighted by molar-refractivity contribution is -0.0205. The predicted molar refractivity (Wildman–Crippen MR) is 94.1 cm³/mol. The SMILES string of the molecule is N[C@H]1CCC[C@@H](O)[C@H]1O.OC1CCCC(Nc2nc(Cl)ncc2F)C1O. The number of aliphatic hydroxyl groups is 4. The van der Waals surface area contributed by atoms with Crippen LogP contribution in [0.1, 0.15) is 38.5 Å². The summed E-state index contributed by atoms with van der Waals surface area (Å²) < 4.78 is 13.4. The summed E-state index contributed by atoms with van der Waals surface area (Å²) in [7, 11) is 0. The van der Waals surface area contributed by atoms with E-state index in [2.05, 4.69) is 15.3 Å². The molecule has 3 unspecified atom stereocenters. The molecular weight excluding hydrogens is 367 g/mol. The van der Waals surface area contributed by atoms with Crippen LogP contribution in [0, 0.1) is 5.82 Å². The van der Waals surface area contributed by atoms with Gasteiger partial charge in [0, 0.05) is 6.04 Å². The Morgan fingerprint density at radius 2 is 1.65 bits per heavy atom. The standard InChI is InChI=1S/C10H13ClFN3O2.C6H13NO2/c11-10-13-4-5(12)9(15-10)14-6-2-1-3-7(16)8(6)17;7-4-2-1-3-5(8)6(4)9/h4,6-8,16-17H,1-3H2,(H,13,14,15);4-6,8-9H,1-3,7H2/t;4-,5+,6-/m.0/s1. The average molecular weight is 393 g/mol. The van der Waals surface area contributed by atoms with Gasteiger partial charge in [-0.2, -0.15) is 4.98 Å². The van der Waals surface area contributed by atoms with Crippen molar-refractivity contribution < 1.29 is 24.8 Å². The number of nitrogens with one attached hydrogen (secondary N) is 1. The van der Waals surface area contributed by atoms with Gasteiger partial charge < -0.3 is 31.5 Å². The summed E-state index contributed by atoms with van der Waals surface area (Å²) in [4.78, 5) is 7.20. The molecule has 0 amide bonds. The molecule has 10 heteroatoms. The summed E-state index contributed by atoms with van der Waals surface area (Å²) in [5, 5.41) is 40.0. The lowest BCUT2D eigenvalue weighted by Gasteiger charge is -2.32. The van der Waals surface area contributed by atoms with Crippen molar-refractivity contribution in [1.29, 1.82) is 0 Å². The van der Waals surface area contributed by atoms with E-state index in [9.17, 15) is 14.6 Å². The van der Waals surface area contributed by atoms with Crippen LogP contribution in [0.25, 0.3) is 0 Å². The number of hydrogen-bond donors (Lipinski definition) is 6. The van der Waals surface area contributed by atoms with Gasteiger partial charge in [0.2, 0.25) is 5.28 Å². The highest BCUT2D eigenvalue weighted by atomic mass is 35.5. The van der Waals surface area contributed by atoms with Crippen LogP contribution in [0.2, 0.25) is 5.28 Å². The second-order valence-electron chi connectivity index (χ2n) is 6.73. The molecule has 2 aliphatic carbocycles. The van der Waals surface area contributed by atoms with Crippen molar-refractivity contribution in [2.45, 2.75) is 75.0 Å². The molecule has 2 fully saturated rings. The zero-order valence-electron chi connectivity index (χ0n) is 14.3. The Kier molecular flexibility index (Phi) is 7.93. The molecule has 6 atom stereocenters. The van der Waals surface area contributed by atoms with Gasteiger partial charge in [0.05, 0.1) is 36.7 Å². The number of nitrogens with two attached hydrogens (primary N) is 1. The zero-order valence-corrected chi connectivity index (χ0v) is 15.1. The minimum absolute atomic E-state index is 0.0526. The van der Waals surface area contributed by atoms with Crippen molar-refractivity contribution in [3.05, 3.63) is 17.3 Å². The fourth-order valence-corrected chi connectivity index (χ4v) is 3.26. The summed E-state index contributed by atoms with van der Waals surface area (Å²) in [6.07, 6.45) is 2.35. The molecule has 1 aromatic rings. The van der Waals surface area contributed by atoms with E-state index in [1.807, 2.05) is 0 Å². The van der Waals surface area contributed by atoms with Crippen molar-refractivity contribution >= 4 is 17.4 Å². The number of aliphatic hydroxyl groups excluding tert-OH is 4. The van der Waals surface area contributed by atoms with Crippen molar-refractivity contribution in [1.82, 2.24) is 9.97 Å². The first kappa shape index (κ1) is 21.2. The monoisotopic (exact) mass is 392 g/mol. The van der Waals surface area contributed by atoms with Gasteiger partial charge in [-0.1, -0.05) is 0 Å². The summed E-state index contributed by atoms with van der Waals surface area (Å²) >= 11 is 5.56. The van der Waals surface area contributed by atoms with Gasteiger partial charge in [-0.3, -0.25) is 0 Å². The number of aromatic nitrogens is 2. The number of nitrogens with zero attached hydrogens (tertiary/aromatic N) is 2. The van der Waals surface area contributed by atoms with E-state index in [4.69, 9.17) is 27.5 Å². The molecule has 7 N–H and O–H groups in total. The van der Waals surface area contributed by atoms with E-state index in [1.54, 1.807) is 0 Å². The van der Waals surface area contributed by atoms with E-state index in [-0.39, 0.29) is 17.1 Å². The highest BCUT2D eigenvalue weighted by Crippen LogP contribution is 2.23. The number of halogens is 2. The third kappa shape index (κ3) is 5.70. The summed E-state index contributed by atoms with van der Waals surface area (Å²) in [6.45, 7) is 0. The molecule has 3 rings (SSSR count). The van der Waals surface area contributed by atoms with Gasteiger partial charge in [-0.25, -0.2) is 9.37 Å². The molecule has 148 valence electrons. The molecule has 2 aliphatic rings. The molecule has 2 saturated carbocycles. The lowest BCUT2D eigenvalue weighted by Crippen LogP contribution is -2.46. The highest BCUT2D eigenvalue weighted by Gasteiger charge is 2.31. The van der Waals surface area contributed by atoms with Gasteiger partial charge in [0.1, 0.15) is 0 Å². The minimum atomic E-state index is -0.933. The van der Waals surface area contributed by atoms with E-state index in [0.717, 1.165) is 25.5 Å². The molecule has 0 spiro atoms. The number of anilines is 1. The normalized spacial score (nSPS) is 34.6.